The van der Waals surface area contributed by atoms with Crippen molar-refractivity contribution in [3.8, 4) is 11.1 Å². The van der Waals surface area contributed by atoms with E-state index in [2.05, 4.69) is 10.3 Å². The van der Waals surface area contributed by atoms with Crippen molar-refractivity contribution < 1.29 is 4.79 Å². The molecule has 0 unspecified atom stereocenters. The van der Waals surface area contributed by atoms with Crippen molar-refractivity contribution in [2.75, 3.05) is 24.5 Å². The predicted octanol–water partition coefficient (Wildman–Crippen LogP) is 3.00. The molecule has 1 aromatic carbocycles. The molecular formula is C20H22N4O2S. The van der Waals surface area contributed by atoms with E-state index in [-0.39, 0.29) is 17.4 Å². The lowest BCUT2D eigenvalue weighted by atomic mass is 9.97. The van der Waals surface area contributed by atoms with Crippen LogP contribution >= 0.6 is 11.3 Å². The largest absolute Gasteiger partial charge is 0.356 e. The van der Waals surface area contributed by atoms with E-state index >= 15 is 0 Å². The highest BCUT2D eigenvalue weighted by Gasteiger charge is 2.27. The Hall–Kier alpha value is -2.67. The number of hydrogen-bond acceptors (Lipinski definition) is 5. The van der Waals surface area contributed by atoms with Gasteiger partial charge in [-0.1, -0.05) is 30.3 Å². The number of fused-ring (bicyclic) bond motifs is 1. The minimum Gasteiger partial charge on any atom is -0.356 e. The molecule has 0 saturated carbocycles. The summed E-state index contributed by atoms with van der Waals surface area (Å²) >= 11 is 1.41. The number of rotatable bonds is 4. The van der Waals surface area contributed by atoms with Gasteiger partial charge in [0.2, 0.25) is 11.9 Å². The van der Waals surface area contributed by atoms with Crippen LogP contribution in [0.4, 0.5) is 5.95 Å². The average molecular weight is 382 g/mol. The van der Waals surface area contributed by atoms with Crippen LogP contribution in [0.2, 0.25) is 0 Å². The topological polar surface area (TPSA) is 78.1 Å². The first-order valence-electron chi connectivity index (χ1n) is 9.27. The molecule has 1 aliphatic rings. The molecule has 1 amide bonds. The molecular weight excluding hydrogens is 360 g/mol. The van der Waals surface area contributed by atoms with Crippen LogP contribution in [0.5, 0.6) is 0 Å². The monoisotopic (exact) mass is 382 g/mol. The molecule has 1 atom stereocenters. The Bertz CT molecular complexity index is 1010. The summed E-state index contributed by atoms with van der Waals surface area (Å²) in [6.07, 6.45) is 1.77. The molecule has 1 saturated heterocycles. The number of H-pyrrole nitrogens is 1. The summed E-state index contributed by atoms with van der Waals surface area (Å²) in [5.41, 5.74) is 2.62. The Morgan fingerprint density at radius 1 is 1.37 bits per heavy atom. The van der Waals surface area contributed by atoms with Gasteiger partial charge in [-0.25, -0.2) is 4.98 Å². The number of thiophene rings is 1. The maximum atomic E-state index is 12.6. The second-order valence-corrected chi connectivity index (χ2v) is 7.64. The van der Waals surface area contributed by atoms with Gasteiger partial charge < -0.3 is 10.2 Å². The Morgan fingerprint density at radius 2 is 2.19 bits per heavy atom. The van der Waals surface area contributed by atoms with E-state index in [0.29, 0.717) is 23.7 Å². The van der Waals surface area contributed by atoms with E-state index in [1.165, 1.54) is 11.3 Å². The number of nitrogens with zero attached hydrogens (tertiary/aromatic N) is 2. The van der Waals surface area contributed by atoms with E-state index in [9.17, 15) is 9.59 Å². The molecule has 3 aromatic rings. The SMILES string of the molecule is CCNC(=O)[C@H]1CCCN(c2nc3c(-c4ccccc4)csc3c(=O)[nH]2)C1. The summed E-state index contributed by atoms with van der Waals surface area (Å²) in [5, 5.41) is 4.88. The van der Waals surface area contributed by atoms with E-state index in [4.69, 9.17) is 4.98 Å². The quantitative estimate of drug-likeness (QED) is 0.727. The van der Waals surface area contributed by atoms with Crippen LogP contribution in [0.15, 0.2) is 40.5 Å². The smallest absolute Gasteiger partial charge is 0.270 e. The van der Waals surface area contributed by atoms with Crippen LogP contribution in [0.3, 0.4) is 0 Å². The lowest BCUT2D eigenvalue weighted by molar-refractivity contribution is -0.125. The molecule has 3 heterocycles. The minimum absolute atomic E-state index is 0.0734. The van der Waals surface area contributed by atoms with Gasteiger partial charge in [0.1, 0.15) is 4.70 Å². The number of anilines is 1. The number of amides is 1. The summed E-state index contributed by atoms with van der Waals surface area (Å²) in [7, 11) is 0. The number of carbonyl (C=O) groups is 1. The molecule has 0 bridgehead atoms. The molecule has 4 rings (SSSR count). The van der Waals surface area contributed by atoms with Crippen molar-refractivity contribution in [2.24, 2.45) is 5.92 Å². The van der Waals surface area contributed by atoms with E-state index < -0.39 is 0 Å². The van der Waals surface area contributed by atoms with Gasteiger partial charge in [0, 0.05) is 30.6 Å². The Labute approximate surface area is 161 Å². The van der Waals surface area contributed by atoms with Gasteiger partial charge in [0.15, 0.2) is 0 Å². The number of nitrogens with one attached hydrogen (secondary N) is 2. The van der Waals surface area contributed by atoms with Crippen molar-refractivity contribution >= 4 is 33.4 Å². The zero-order chi connectivity index (χ0) is 18.8. The van der Waals surface area contributed by atoms with Gasteiger partial charge in [-0.15, -0.1) is 11.3 Å². The first kappa shape index (κ1) is 17.7. The van der Waals surface area contributed by atoms with Gasteiger partial charge >= 0.3 is 0 Å². The van der Waals surface area contributed by atoms with Gasteiger partial charge in [0.05, 0.1) is 11.4 Å². The van der Waals surface area contributed by atoms with Gasteiger partial charge in [-0.3, -0.25) is 14.6 Å². The van der Waals surface area contributed by atoms with E-state index in [0.717, 1.165) is 36.0 Å². The molecule has 2 aromatic heterocycles. The Kier molecular flexibility index (Phi) is 4.94. The fourth-order valence-electron chi connectivity index (χ4n) is 3.59. The fourth-order valence-corrected chi connectivity index (χ4v) is 4.50. The summed E-state index contributed by atoms with van der Waals surface area (Å²) in [6.45, 7) is 3.92. The number of hydrogen-bond donors (Lipinski definition) is 2. The molecule has 0 aliphatic carbocycles. The number of carbonyl (C=O) groups excluding carboxylic acids is 1. The normalized spacial score (nSPS) is 17.2. The highest BCUT2D eigenvalue weighted by atomic mass is 32.1. The molecule has 1 fully saturated rings. The van der Waals surface area contributed by atoms with Crippen molar-refractivity contribution in [3.63, 3.8) is 0 Å². The fraction of sp³-hybridized carbons (Fsp3) is 0.350. The van der Waals surface area contributed by atoms with Crippen LogP contribution in [0.1, 0.15) is 19.8 Å². The standard InChI is InChI=1S/C20H22N4O2S/c1-2-21-18(25)14-9-6-10-24(11-14)20-22-16-15(13-7-4-3-5-8-13)12-27-17(16)19(26)23-20/h3-5,7-8,12,14H,2,6,9-11H2,1H3,(H,21,25)(H,22,23,26)/t14-/m0/s1. The maximum Gasteiger partial charge on any atom is 0.270 e. The van der Waals surface area contributed by atoms with E-state index in [1.807, 2.05) is 47.5 Å². The van der Waals surface area contributed by atoms with Crippen molar-refractivity contribution in [3.05, 3.63) is 46.1 Å². The summed E-state index contributed by atoms with van der Waals surface area (Å²) in [5.74, 6) is 0.555. The van der Waals surface area contributed by atoms with Crippen LogP contribution in [-0.4, -0.2) is 35.5 Å². The molecule has 2 N–H and O–H groups in total. The number of benzene rings is 1. The number of aromatic nitrogens is 2. The van der Waals surface area contributed by atoms with Crippen molar-refractivity contribution in [1.29, 1.82) is 0 Å². The van der Waals surface area contributed by atoms with Crippen molar-refractivity contribution in [1.82, 2.24) is 15.3 Å². The maximum absolute atomic E-state index is 12.6. The van der Waals surface area contributed by atoms with Crippen LogP contribution in [-0.2, 0) is 4.79 Å². The van der Waals surface area contributed by atoms with Crippen LogP contribution in [0, 0.1) is 5.92 Å². The molecule has 140 valence electrons. The second-order valence-electron chi connectivity index (χ2n) is 6.76. The molecule has 7 heteroatoms. The lowest BCUT2D eigenvalue weighted by Crippen LogP contribution is -2.44. The third-order valence-electron chi connectivity index (χ3n) is 4.94. The highest BCUT2D eigenvalue weighted by Crippen LogP contribution is 2.32. The zero-order valence-corrected chi connectivity index (χ0v) is 16.0. The van der Waals surface area contributed by atoms with Gasteiger partial charge in [-0.05, 0) is 25.3 Å². The van der Waals surface area contributed by atoms with Crippen LogP contribution < -0.4 is 15.8 Å². The van der Waals surface area contributed by atoms with Crippen molar-refractivity contribution in [2.45, 2.75) is 19.8 Å². The minimum atomic E-state index is -0.123. The zero-order valence-electron chi connectivity index (χ0n) is 15.2. The molecule has 0 radical (unpaired) electrons. The first-order valence-corrected chi connectivity index (χ1v) is 10.1. The van der Waals surface area contributed by atoms with Gasteiger partial charge in [0.25, 0.3) is 5.56 Å². The summed E-state index contributed by atoms with van der Waals surface area (Å²) < 4.78 is 0.634. The van der Waals surface area contributed by atoms with Crippen LogP contribution in [0.25, 0.3) is 21.3 Å². The molecule has 1 aliphatic heterocycles. The molecule has 0 spiro atoms. The number of aromatic amines is 1. The predicted molar refractivity (Wildman–Crippen MR) is 109 cm³/mol. The third-order valence-corrected chi connectivity index (χ3v) is 5.91. The highest BCUT2D eigenvalue weighted by molar-refractivity contribution is 7.17. The third kappa shape index (κ3) is 3.47. The second kappa shape index (κ2) is 7.52. The van der Waals surface area contributed by atoms with E-state index in [1.54, 1.807) is 0 Å². The first-order chi connectivity index (χ1) is 13.2. The molecule has 6 nitrogen and oxygen atoms in total. The summed E-state index contributed by atoms with van der Waals surface area (Å²) in [6, 6.07) is 9.98. The lowest BCUT2D eigenvalue weighted by Gasteiger charge is -2.32. The number of piperidine rings is 1. The Balaban J connectivity index is 1.70. The Morgan fingerprint density at radius 3 is 2.96 bits per heavy atom. The van der Waals surface area contributed by atoms with Gasteiger partial charge in [-0.2, -0.15) is 0 Å². The molecule has 27 heavy (non-hydrogen) atoms. The summed E-state index contributed by atoms with van der Waals surface area (Å²) in [4.78, 5) is 34.6. The average Bonchev–Trinajstić information content (AvgIpc) is 3.13.